The molecule has 0 radical (unpaired) electrons. The van der Waals surface area contributed by atoms with Gasteiger partial charge >= 0.3 is 0 Å². The van der Waals surface area contributed by atoms with Gasteiger partial charge in [-0.1, -0.05) is 140 Å². The van der Waals surface area contributed by atoms with Crippen LogP contribution in [0.1, 0.15) is 12.0 Å². The zero-order valence-corrected chi connectivity index (χ0v) is 32.1. The first-order chi connectivity index (χ1) is 29.3. The Morgan fingerprint density at radius 3 is 1.80 bits per heavy atom. The van der Waals surface area contributed by atoms with Crippen molar-refractivity contribution in [2.24, 2.45) is 0 Å². The molecule has 0 saturated heterocycles. The summed E-state index contributed by atoms with van der Waals surface area (Å²) in [5.41, 5.74) is 15.1. The largest absolute Gasteiger partial charge is 0.455 e. The molecule has 0 N–H and O–H groups in total. The summed E-state index contributed by atoms with van der Waals surface area (Å²) in [6.45, 7) is 0. The number of furan rings is 1. The monoisotopic (exact) mass is 752 g/mol. The van der Waals surface area contributed by atoms with Gasteiger partial charge in [0.15, 0.2) is 0 Å². The van der Waals surface area contributed by atoms with Gasteiger partial charge in [0.05, 0.1) is 22.5 Å². The highest BCUT2D eigenvalue weighted by Crippen LogP contribution is 2.48. The topological polar surface area (TPSA) is 21.3 Å². The molecule has 3 heteroatoms. The van der Waals surface area contributed by atoms with E-state index in [0.717, 1.165) is 44.9 Å². The fraction of sp³-hybridized carbons (Fsp3) is 0.0357. The van der Waals surface area contributed by atoms with Crippen molar-refractivity contribution in [3.63, 3.8) is 0 Å². The predicted octanol–water partition coefficient (Wildman–Crippen LogP) is 13.1. The van der Waals surface area contributed by atoms with E-state index in [1.807, 2.05) is 0 Å². The SMILES string of the molecule is C1=c2c(oc3c2ccc2c3c3cc(-c4cccc5ccccc45)ccc3n2-c2ccccc2)=C2c3cc(-c4cccc5ccccc45)ccc3N(c3ccccc3)C2C1. The third-order valence-corrected chi connectivity index (χ3v) is 12.9. The first-order valence-electron chi connectivity index (χ1n) is 20.5. The lowest BCUT2D eigenvalue weighted by Crippen LogP contribution is -2.36. The molecule has 0 bridgehead atoms. The number of fused-ring (bicyclic) bond motifs is 12. The van der Waals surface area contributed by atoms with Crippen LogP contribution in [0.15, 0.2) is 199 Å². The molecule has 11 aromatic rings. The molecule has 1 aliphatic heterocycles. The molecule has 1 unspecified atom stereocenters. The number of nitrogens with zero attached hydrogens (tertiary/aromatic N) is 2. The summed E-state index contributed by atoms with van der Waals surface area (Å²) in [5.74, 6) is 0. The Hall–Kier alpha value is -7.62. The normalized spacial score (nSPS) is 14.6. The fourth-order valence-electron chi connectivity index (χ4n) is 10.3. The molecule has 2 aliphatic rings. The van der Waals surface area contributed by atoms with Gasteiger partial charge in [-0.25, -0.2) is 0 Å². The van der Waals surface area contributed by atoms with Crippen LogP contribution in [0.4, 0.5) is 11.4 Å². The summed E-state index contributed by atoms with van der Waals surface area (Å²) in [6.07, 6.45) is 3.30. The van der Waals surface area contributed by atoms with E-state index in [0.29, 0.717) is 0 Å². The van der Waals surface area contributed by atoms with Crippen LogP contribution >= 0.6 is 0 Å². The molecule has 9 aromatic carbocycles. The number of benzene rings is 9. The van der Waals surface area contributed by atoms with Crippen molar-refractivity contribution >= 4 is 77.3 Å². The van der Waals surface area contributed by atoms with Crippen LogP contribution in [0.2, 0.25) is 0 Å². The molecule has 1 aliphatic carbocycles. The van der Waals surface area contributed by atoms with Gasteiger partial charge < -0.3 is 13.9 Å². The zero-order valence-electron chi connectivity index (χ0n) is 32.1. The van der Waals surface area contributed by atoms with E-state index in [1.54, 1.807) is 0 Å². The number of aromatic nitrogens is 1. The van der Waals surface area contributed by atoms with Gasteiger partial charge in [0.2, 0.25) is 0 Å². The third-order valence-electron chi connectivity index (χ3n) is 12.9. The van der Waals surface area contributed by atoms with Crippen LogP contribution in [0.5, 0.6) is 0 Å². The molecule has 59 heavy (non-hydrogen) atoms. The standard InChI is InChI=1S/C56H36N2O/c1-3-17-39(18-4-1)57-49-29-25-37(43-23-11-15-35-13-7-9-21-41(35)43)33-47(49)53-51(57)31-27-45-46-28-32-52-54(56(46)59-55(45)53)48-34-38(44-24-12-16-36-14-8-10-22-42(36)44)26-30-50(48)58(52)40-19-5-2-6-20-40/h1-31,33-34,52H,32H2. The Balaban J connectivity index is 1.12. The third kappa shape index (κ3) is 4.70. The molecule has 0 amide bonds. The van der Waals surface area contributed by atoms with Gasteiger partial charge in [-0.05, 0) is 111 Å². The van der Waals surface area contributed by atoms with Crippen LogP contribution in [0.3, 0.4) is 0 Å². The van der Waals surface area contributed by atoms with Crippen LogP contribution in [0.25, 0.3) is 93.9 Å². The Kier molecular flexibility index (Phi) is 6.84. The lowest BCUT2D eigenvalue weighted by atomic mass is 9.92. The summed E-state index contributed by atoms with van der Waals surface area (Å²) in [4.78, 5) is 2.53. The van der Waals surface area contributed by atoms with Crippen molar-refractivity contribution in [2.75, 3.05) is 4.90 Å². The second-order valence-electron chi connectivity index (χ2n) is 15.9. The van der Waals surface area contributed by atoms with Gasteiger partial charge in [0.1, 0.15) is 11.0 Å². The molecule has 13 rings (SSSR count). The maximum Gasteiger partial charge on any atom is 0.145 e. The lowest BCUT2D eigenvalue weighted by molar-refractivity contribution is 0.568. The molecule has 0 spiro atoms. The van der Waals surface area contributed by atoms with Gasteiger partial charge in [-0.2, -0.15) is 0 Å². The smallest absolute Gasteiger partial charge is 0.145 e. The van der Waals surface area contributed by atoms with Gasteiger partial charge in [0.25, 0.3) is 0 Å². The Bertz CT molecular complexity index is 3640. The van der Waals surface area contributed by atoms with E-state index in [9.17, 15) is 0 Å². The van der Waals surface area contributed by atoms with Gasteiger partial charge in [-0.15, -0.1) is 0 Å². The predicted molar refractivity (Wildman–Crippen MR) is 246 cm³/mol. The summed E-state index contributed by atoms with van der Waals surface area (Å²) >= 11 is 0. The van der Waals surface area contributed by atoms with E-state index in [-0.39, 0.29) is 6.04 Å². The van der Waals surface area contributed by atoms with Crippen molar-refractivity contribution < 1.29 is 4.42 Å². The van der Waals surface area contributed by atoms with E-state index in [4.69, 9.17) is 4.42 Å². The molecular weight excluding hydrogens is 717 g/mol. The highest BCUT2D eigenvalue weighted by Gasteiger charge is 2.38. The lowest BCUT2D eigenvalue weighted by Gasteiger charge is -2.28. The zero-order chi connectivity index (χ0) is 38.6. The van der Waals surface area contributed by atoms with E-state index in [2.05, 4.69) is 210 Å². The maximum absolute atomic E-state index is 7.44. The molecule has 3 heterocycles. The summed E-state index contributed by atoms with van der Waals surface area (Å²) in [7, 11) is 0. The van der Waals surface area contributed by atoms with Crippen molar-refractivity contribution in [1.29, 1.82) is 0 Å². The Labute approximate surface area is 340 Å². The minimum atomic E-state index is 0.0994. The summed E-state index contributed by atoms with van der Waals surface area (Å²) in [6, 6.07) is 70.9. The summed E-state index contributed by atoms with van der Waals surface area (Å²) < 4.78 is 9.84. The van der Waals surface area contributed by atoms with Crippen LogP contribution in [-0.2, 0) is 0 Å². The minimum Gasteiger partial charge on any atom is -0.455 e. The molecule has 0 fully saturated rings. The minimum absolute atomic E-state index is 0.0994. The van der Waals surface area contributed by atoms with Gasteiger partial charge in [0, 0.05) is 44.2 Å². The van der Waals surface area contributed by atoms with E-state index >= 15 is 0 Å². The van der Waals surface area contributed by atoms with Gasteiger partial charge in [-0.3, -0.25) is 0 Å². The number of rotatable bonds is 4. The second-order valence-corrected chi connectivity index (χ2v) is 15.9. The van der Waals surface area contributed by atoms with Crippen molar-refractivity contribution in [3.8, 4) is 27.9 Å². The first-order valence-corrected chi connectivity index (χ1v) is 20.5. The van der Waals surface area contributed by atoms with Crippen LogP contribution < -0.4 is 15.5 Å². The molecule has 0 saturated carbocycles. The van der Waals surface area contributed by atoms with Crippen molar-refractivity contribution in [1.82, 2.24) is 4.57 Å². The molecule has 2 aromatic heterocycles. The first kappa shape index (κ1) is 32.5. The van der Waals surface area contributed by atoms with E-state index < -0.39 is 0 Å². The molecular formula is C56H36N2O. The quantitative estimate of drug-likeness (QED) is 0.179. The fourth-order valence-corrected chi connectivity index (χ4v) is 10.3. The Morgan fingerprint density at radius 2 is 1.07 bits per heavy atom. The molecule has 3 nitrogen and oxygen atoms in total. The molecule has 276 valence electrons. The Morgan fingerprint density at radius 1 is 0.458 bits per heavy atom. The van der Waals surface area contributed by atoms with Crippen LogP contribution in [0, 0.1) is 0 Å². The highest BCUT2D eigenvalue weighted by molar-refractivity contribution is 6.21. The maximum atomic E-state index is 7.44. The number of para-hydroxylation sites is 2. The average Bonchev–Trinajstić information content (AvgIpc) is 3.96. The number of anilines is 2. The second kappa shape index (κ2) is 12.4. The molecule has 1 atom stereocenters. The van der Waals surface area contributed by atoms with E-state index in [1.165, 1.54) is 76.9 Å². The number of hydrogen-bond acceptors (Lipinski definition) is 2. The highest BCUT2D eigenvalue weighted by atomic mass is 16.3. The van der Waals surface area contributed by atoms with Crippen molar-refractivity contribution in [2.45, 2.75) is 12.5 Å². The average molecular weight is 753 g/mol. The summed E-state index contributed by atoms with van der Waals surface area (Å²) in [5, 5.41) is 9.68. The van der Waals surface area contributed by atoms with Crippen molar-refractivity contribution in [3.05, 3.63) is 210 Å². The number of hydrogen-bond donors (Lipinski definition) is 0. The van der Waals surface area contributed by atoms with Crippen LogP contribution in [-0.4, -0.2) is 10.6 Å².